The third-order valence-electron chi connectivity index (χ3n) is 6.82. The maximum atomic E-state index is 13.5. The van der Waals surface area contributed by atoms with Gasteiger partial charge in [-0.2, -0.15) is 0 Å². The molecule has 0 radical (unpaired) electrons. The second-order valence-corrected chi connectivity index (χ2v) is 9.88. The van der Waals surface area contributed by atoms with E-state index >= 15 is 0 Å². The SMILES string of the molecule is CCC(C)C(NC(=O)C(CCCCN)NC(=O)C(Cc1c[nH]c2ccccc12)NC(=O)C(N)CC(=O)O)C(=O)O. The quantitative estimate of drug-likeness (QED) is 0.124. The summed E-state index contributed by atoms with van der Waals surface area (Å²) in [5.74, 6) is -5.03. The van der Waals surface area contributed by atoms with E-state index in [2.05, 4.69) is 20.9 Å². The maximum absolute atomic E-state index is 13.5. The molecule has 3 amide bonds. The summed E-state index contributed by atoms with van der Waals surface area (Å²) in [6.45, 7) is 3.88. The van der Waals surface area contributed by atoms with E-state index in [0.717, 1.165) is 10.9 Å². The van der Waals surface area contributed by atoms with Crippen LogP contribution in [0.15, 0.2) is 30.5 Å². The van der Waals surface area contributed by atoms with Crippen LogP contribution in [-0.4, -0.2) is 75.6 Å². The number of unbranched alkanes of at least 4 members (excludes halogenated alkanes) is 1. The van der Waals surface area contributed by atoms with Gasteiger partial charge in [-0.15, -0.1) is 0 Å². The maximum Gasteiger partial charge on any atom is 0.326 e. The van der Waals surface area contributed by atoms with Crippen molar-refractivity contribution < 1.29 is 34.2 Å². The first-order valence-corrected chi connectivity index (χ1v) is 13.3. The topological polar surface area (TPSA) is 230 Å². The lowest BCUT2D eigenvalue weighted by molar-refractivity contribution is -0.144. The number of aromatic amines is 1. The van der Waals surface area contributed by atoms with Crippen molar-refractivity contribution in [2.75, 3.05) is 6.54 Å². The molecular weight excluding hydrogens is 520 g/mol. The summed E-state index contributed by atoms with van der Waals surface area (Å²) in [5, 5.41) is 27.1. The molecule has 2 aromatic rings. The van der Waals surface area contributed by atoms with Gasteiger partial charge in [-0.3, -0.25) is 19.2 Å². The van der Waals surface area contributed by atoms with Crippen molar-refractivity contribution in [2.45, 2.75) is 76.5 Å². The monoisotopic (exact) mass is 560 g/mol. The fraction of sp³-hybridized carbons (Fsp3) is 0.519. The van der Waals surface area contributed by atoms with Crippen molar-refractivity contribution in [1.29, 1.82) is 0 Å². The molecule has 0 bridgehead atoms. The number of fused-ring (bicyclic) bond motifs is 1. The molecule has 0 saturated heterocycles. The molecule has 0 aliphatic carbocycles. The third kappa shape index (κ3) is 9.35. The molecule has 0 saturated carbocycles. The second kappa shape index (κ2) is 15.6. The Morgan fingerprint density at radius 2 is 1.60 bits per heavy atom. The van der Waals surface area contributed by atoms with Gasteiger partial charge in [0.05, 0.1) is 12.5 Å². The summed E-state index contributed by atoms with van der Waals surface area (Å²) in [6.07, 6.45) is 2.84. The zero-order valence-electron chi connectivity index (χ0n) is 22.8. The number of rotatable bonds is 17. The molecule has 10 N–H and O–H groups in total. The van der Waals surface area contributed by atoms with Gasteiger partial charge in [-0.1, -0.05) is 38.5 Å². The van der Waals surface area contributed by atoms with Crippen molar-refractivity contribution >= 4 is 40.6 Å². The van der Waals surface area contributed by atoms with E-state index in [4.69, 9.17) is 16.6 Å². The van der Waals surface area contributed by atoms with Crippen LogP contribution in [0.4, 0.5) is 0 Å². The molecule has 5 atom stereocenters. The minimum absolute atomic E-state index is 0.0170. The first-order chi connectivity index (χ1) is 19.0. The molecule has 0 spiro atoms. The Morgan fingerprint density at radius 3 is 2.23 bits per heavy atom. The van der Waals surface area contributed by atoms with E-state index in [1.165, 1.54) is 0 Å². The highest BCUT2D eigenvalue weighted by molar-refractivity contribution is 5.95. The molecule has 0 aliphatic heterocycles. The van der Waals surface area contributed by atoms with Crippen LogP contribution in [0.3, 0.4) is 0 Å². The number of H-pyrrole nitrogens is 1. The molecule has 13 nitrogen and oxygen atoms in total. The molecule has 220 valence electrons. The predicted molar refractivity (Wildman–Crippen MR) is 148 cm³/mol. The average Bonchev–Trinajstić information content (AvgIpc) is 3.32. The molecule has 0 fully saturated rings. The Balaban J connectivity index is 2.32. The Hall–Kier alpha value is -3.97. The van der Waals surface area contributed by atoms with Crippen LogP contribution < -0.4 is 27.4 Å². The smallest absolute Gasteiger partial charge is 0.326 e. The molecule has 1 heterocycles. The number of amides is 3. The molecule has 0 aliphatic rings. The van der Waals surface area contributed by atoms with Crippen LogP contribution >= 0.6 is 0 Å². The van der Waals surface area contributed by atoms with Gasteiger partial charge in [0, 0.05) is 23.5 Å². The van der Waals surface area contributed by atoms with Crippen molar-refractivity contribution in [2.24, 2.45) is 17.4 Å². The molecule has 2 rings (SSSR count). The number of nitrogens with two attached hydrogens (primary N) is 2. The van der Waals surface area contributed by atoms with Crippen molar-refractivity contribution in [3.8, 4) is 0 Å². The summed E-state index contributed by atoms with van der Waals surface area (Å²) in [6, 6.07) is 2.51. The molecule has 40 heavy (non-hydrogen) atoms. The minimum atomic E-state index is -1.40. The summed E-state index contributed by atoms with van der Waals surface area (Å²) in [4.78, 5) is 65.3. The number of aromatic nitrogens is 1. The number of carboxylic acid groups (broad SMARTS) is 2. The van der Waals surface area contributed by atoms with E-state index in [1.807, 2.05) is 24.3 Å². The Labute approximate surface area is 232 Å². The van der Waals surface area contributed by atoms with E-state index < -0.39 is 60.2 Å². The van der Waals surface area contributed by atoms with Crippen molar-refractivity contribution in [3.63, 3.8) is 0 Å². The lowest BCUT2D eigenvalue weighted by atomic mass is 9.98. The highest BCUT2D eigenvalue weighted by Gasteiger charge is 2.32. The normalized spacial score (nSPS) is 14.9. The van der Waals surface area contributed by atoms with E-state index in [9.17, 15) is 29.1 Å². The van der Waals surface area contributed by atoms with Crippen molar-refractivity contribution in [3.05, 3.63) is 36.0 Å². The van der Waals surface area contributed by atoms with Crippen LogP contribution in [0.5, 0.6) is 0 Å². The average molecular weight is 561 g/mol. The van der Waals surface area contributed by atoms with Gasteiger partial charge >= 0.3 is 11.9 Å². The molecule has 1 aromatic carbocycles. The number of para-hydroxylation sites is 1. The number of hydrogen-bond donors (Lipinski definition) is 8. The van der Waals surface area contributed by atoms with Gasteiger partial charge in [-0.05, 0) is 43.4 Å². The predicted octanol–water partition coefficient (Wildman–Crippen LogP) is 0.227. The van der Waals surface area contributed by atoms with Gasteiger partial charge in [0.25, 0.3) is 0 Å². The number of nitrogens with one attached hydrogen (secondary N) is 4. The zero-order chi connectivity index (χ0) is 29.8. The van der Waals surface area contributed by atoms with Crippen LogP contribution in [0.25, 0.3) is 10.9 Å². The zero-order valence-corrected chi connectivity index (χ0v) is 22.8. The molecular formula is C27H40N6O7. The third-order valence-corrected chi connectivity index (χ3v) is 6.82. The number of hydrogen-bond acceptors (Lipinski definition) is 7. The fourth-order valence-corrected chi connectivity index (χ4v) is 4.26. The van der Waals surface area contributed by atoms with E-state index in [-0.39, 0.29) is 18.8 Å². The van der Waals surface area contributed by atoms with Crippen LogP contribution in [0.2, 0.25) is 0 Å². The van der Waals surface area contributed by atoms with Crippen LogP contribution in [0.1, 0.15) is 51.5 Å². The highest BCUT2D eigenvalue weighted by atomic mass is 16.4. The fourth-order valence-electron chi connectivity index (χ4n) is 4.26. The van der Waals surface area contributed by atoms with Gasteiger partial charge in [0.15, 0.2) is 0 Å². The minimum Gasteiger partial charge on any atom is -0.481 e. The van der Waals surface area contributed by atoms with E-state index in [0.29, 0.717) is 31.4 Å². The number of benzene rings is 1. The summed E-state index contributed by atoms with van der Waals surface area (Å²) in [7, 11) is 0. The Morgan fingerprint density at radius 1 is 0.950 bits per heavy atom. The number of aliphatic carboxylic acids is 2. The van der Waals surface area contributed by atoms with E-state index in [1.54, 1.807) is 20.0 Å². The van der Waals surface area contributed by atoms with Gasteiger partial charge < -0.3 is 42.6 Å². The summed E-state index contributed by atoms with van der Waals surface area (Å²) < 4.78 is 0. The summed E-state index contributed by atoms with van der Waals surface area (Å²) in [5.41, 5.74) is 12.8. The second-order valence-electron chi connectivity index (χ2n) is 9.88. The number of carboxylic acids is 2. The molecule has 13 heteroatoms. The van der Waals surface area contributed by atoms with Gasteiger partial charge in [-0.25, -0.2) is 4.79 Å². The Kier molecular flexibility index (Phi) is 12.6. The largest absolute Gasteiger partial charge is 0.481 e. The number of carbonyl (C=O) groups is 5. The summed E-state index contributed by atoms with van der Waals surface area (Å²) >= 11 is 0. The van der Waals surface area contributed by atoms with Gasteiger partial charge in [0.2, 0.25) is 17.7 Å². The van der Waals surface area contributed by atoms with Crippen LogP contribution in [0, 0.1) is 5.92 Å². The van der Waals surface area contributed by atoms with Crippen LogP contribution in [-0.2, 0) is 30.4 Å². The first kappa shape index (κ1) is 32.2. The van der Waals surface area contributed by atoms with Gasteiger partial charge in [0.1, 0.15) is 18.1 Å². The molecule has 1 aromatic heterocycles. The first-order valence-electron chi connectivity index (χ1n) is 13.3. The number of carbonyl (C=O) groups excluding carboxylic acids is 3. The van der Waals surface area contributed by atoms with Crippen molar-refractivity contribution in [1.82, 2.24) is 20.9 Å². The molecule has 5 unspecified atom stereocenters. The Bertz CT molecular complexity index is 1180. The highest BCUT2D eigenvalue weighted by Crippen LogP contribution is 2.19. The lowest BCUT2D eigenvalue weighted by Crippen LogP contribution is -2.58. The lowest BCUT2D eigenvalue weighted by Gasteiger charge is -2.26. The standard InChI is InChI=1S/C27H40N6O7/c1-3-15(2)23(27(39)40)33-25(37)20(10-6-7-11-28)31-26(38)21(32-24(36)18(29)13-22(34)35)12-16-14-30-19-9-5-4-8-17(16)19/h4-5,8-9,14-15,18,20-21,23,30H,3,6-7,10-13,28-29H2,1-2H3,(H,31,38)(H,32,36)(H,33,37)(H,34,35)(H,39,40).